The smallest absolute Gasteiger partial charge is 0.270 e. The minimum Gasteiger partial charge on any atom is -0.508 e. The number of hydrogen-bond acceptors (Lipinski definition) is 4. The fourth-order valence-corrected chi connectivity index (χ4v) is 3.44. The number of aromatic nitrogens is 3. The van der Waals surface area contributed by atoms with E-state index in [1.807, 2.05) is 0 Å². The molecule has 0 aliphatic rings. The molecule has 0 saturated carbocycles. The standard InChI is InChI=1S/C26H20F2N4O2/c1-16-11-17(3-4-18-14-29-32(2)15-18)12-23(30-16)26(34)31-25(19-5-7-20(27)8-6-19)22-13-21(28)9-10-24(22)33/h5-15,25,33H,1-2H3,(H,31,34)/t25-/m1/s1. The molecular formula is C26H20F2N4O2. The van der Waals surface area contributed by atoms with E-state index < -0.39 is 23.6 Å². The van der Waals surface area contributed by atoms with Crippen LogP contribution in [0.2, 0.25) is 0 Å². The molecule has 4 aromatic rings. The summed E-state index contributed by atoms with van der Waals surface area (Å²) in [7, 11) is 1.79. The number of aromatic hydroxyl groups is 1. The Bertz CT molecular complexity index is 1420. The second-order valence-electron chi connectivity index (χ2n) is 7.70. The van der Waals surface area contributed by atoms with E-state index in [9.17, 15) is 18.7 Å². The number of amides is 1. The summed E-state index contributed by atoms with van der Waals surface area (Å²) in [4.78, 5) is 17.5. The Labute approximate surface area is 194 Å². The third-order valence-electron chi connectivity index (χ3n) is 5.02. The minimum absolute atomic E-state index is 0.0958. The van der Waals surface area contributed by atoms with Crippen molar-refractivity contribution in [2.75, 3.05) is 0 Å². The maximum atomic E-state index is 14.0. The van der Waals surface area contributed by atoms with Crippen LogP contribution in [0.4, 0.5) is 8.78 Å². The summed E-state index contributed by atoms with van der Waals surface area (Å²) >= 11 is 0. The molecule has 0 radical (unpaired) electrons. The summed E-state index contributed by atoms with van der Waals surface area (Å²) in [6.45, 7) is 1.74. The third-order valence-corrected chi connectivity index (χ3v) is 5.02. The maximum Gasteiger partial charge on any atom is 0.270 e. The largest absolute Gasteiger partial charge is 0.508 e. The van der Waals surface area contributed by atoms with Gasteiger partial charge in [0.05, 0.1) is 17.8 Å². The number of nitrogens with zero attached hydrogens (tertiary/aromatic N) is 3. The summed E-state index contributed by atoms with van der Waals surface area (Å²) in [5, 5.41) is 17.2. The lowest BCUT2D eigenvalue weighted by Gasteiger charge is -2.21. The Kier molecular flexibility index (Phi) is 6.37. The quantitative estimate of drug-likeness (QED) is 0.453. The summed E-state index contributed by atoms with van der Waals surface area (Å²) in [5.41, 5.74) is 2.56. The predicted octanol–water partition coefficient (Wildman–Crippen LogP) is 4.03. The van der Waals surface area contributed by atoms with E-state index in [1.165, 1.54) is 30.3 Å². The summed E-state index contributed by atoms with van der Waals surface area (Å²) in [6.07, 6.45) is 3.40. The van der Waals surface area contributed by atoms with Gasteiger partial charge in [-0.2, -0.15) is 5.10 Å². The molecule has 4 rings (SSSR count). The van der Waals surface area contributed by atoms with Crippen molar-refractivity contribution in [3.05, 3.63) is 112 Å². The fraction of sp³-hybridized carbons (Fsp3) is 0.115. The van der Waals surface area contributed by atoms with E-state index in [0.29, 0.717) is 16.8 Å². The van der Waals surface area contributed by atoms with Crippen LogP contribution in [-0.4, -0.2) is 25.8 Å². The molecule has 0 saturated heterocycles. The van der Waals surface area contributed by atoms with Crippen LogP contribution in [0.1, 0.15) is 44.5 Å². The SMILES string of the molecule is Cc1cc(C#Cc2cnn(C)c2)cc(C(=O)N[C@H](c2ccc(F)cc2)c2cc(F)ccc2O)n1. The van der Waals surface area contributed by atoms with Gasteiger partial charge in [0.1, 0.15) is 23.1 Å². The third kappa shape index (κ3) is 5.27. The average Bonchev–Trinajstić information content (AvgIpc) is 3.23. The van der Waals surface area contributed by atoms with Crippen molar-refractivity contribution in [3.63, 3.8) is 0 Å². The van der Waals surface area contributed by atoms with Gasteiger partial charge in [-0.1, -0.05) is 24.0 Å². The van der Waals surface area contributed by atoms with Gasteiger partial charge in [-0.15, -0.1) is 0 Å². The number of halogens is 2. The summed E-state index contributed by atoms with van der Waals surface area (Å²) in [6, 6.07) is 11.1. The van der Waals surface area contributed by atoms with Crippen LogP contribution in [0.5, 0.6) is 5.75 Å². The van der Waals surface area contributed by atoms with E-state index in [4.69, 9.17) is 0 Å². The van der Waals surface area contributed by atoms with E-state index in [2.05, 4.69) is 27.2 Å². The van der Waals surface area contributed by atoms with Gasteiger partial charge in [0.25, 0.3) is 5.91 Å². The Morgan fingerprint density at radius 3 is 2.44 bits per heavy atom. The fourth-order valence-electron chi connectivity index (χ4n) is 3.44. The number of hydrogen-bond donors (Lipinski definition) is 2. The van der Waals surface area contributed by atoms with Crippen molar-refractivity contribution in [1.82, 2.24) is 20.1 Å². The number of benzene rings is 2. The van der Waals surface area contributed by atoms with Gasteiger partial charge in [-0.25, -0.2) is 13.8 Å². The molecular weight excluding hydrogens is 438 g/mol. The molecule has 0 unspecified atom stereocenters. The highest BCUT2D eigenvalue weighted by molar-refractivity contribution is 5.93. The molecule has 1 amide bonds. The topological polar surface area (TPSA) is 80.0 Å². The predicted molar refractivity (Wildman–Crippen MR) is 122 cm³/mol. The molecule has 0 aliphatic carbocycles. The van der Waals surface area contributed by atoms with Crippen molar-refractivity contribution in [3.8, 4) is 17.6 Å². The highest BCUT2D eigenvalue weighted by Gasteiger charge is 2.22. The Hall–Kier alpha value is -4.51. The van der Waals surface area contributed by atoms with Crippen LogP contribution in [0.15, 0.2) is 67.0 Å². The first kappa shape index (κ1) is 22.7. The molecule has 34 heavy (non-hydrogen) atoms. The van der Waals surface area contributed by atoms with Gasteiger partial charge in [0.15, 0.2) is 0 Å². The van der Waals surface area contributed by atoms with Gasteiger partial charge in [-0.05, 0) is 55.0 Å². The van der Waals surface area contributed by atoms with Crippen LogP contribution in [0.3, 0.4) is 0 Å². The number of phenolic OH excluding ortho intramolecular Hbond substituents is 1. The lowest BCUT2D eigenvalue weighted by molar-refractivity contribution is 0.0937. The van der Waals surface area contributed by atoms with Crippen molar-refractivity contribution in [2.45, 2.75) is 13.0 Å². The van der Waals surface area contributed by atoms with E-state index in [1.54, 1.807) is 43.2 Å². The Morgan fingerprint density at radius 1 is 1.03 bits per heavy atom. The molecule has 6 nitrogen and oxygen atoms in total. The maximum absolute atomic E-state index is 14.0. The lowest BCUT2D eigenvalue weighted by atomic mass is 9.97. The van der Waals surface area contributed by atoms with Crippen LogP contribution in [0, 0.1) is 30.4 Å². The average molecular weight is 458 g/mol. The van der Waals surface area contributed by atoms with Crippen molar-refractivity contribution >= 4 is 5.91 Å². The number of aryl methyl sites for hydroxylation is 2. The molecule has 2 N–H and O–H groups in total. The molecule has 170 valence electrons. The van der Waals surface area contributed by atoms with Crippen molar-refractivity contribution < 1.29 is 18.7 Å². The molecule has 2 aromatic heterocycles. The number of phenols is 1. The molecule has 0 aliphatic heterocycles. The van der Waals surface area contributed by atoms with Crippen LogP contribution in [0.25, 0.3) is 0 Å². The Morgan fingerprint density at radius 2 is 1.74 bits per heavy atom. The summed E-state index contributed by atoms with van der Waals surface area (Å²) in [5.74, 6) is 4.15. The first-order chi connectivity index (χ1) is 16.3. The zero-order valence-electron chi connectivity index (χ0n) is 18.4. The normalized spacial score (nSPS) is 11.4. The van der Waals surface area contributed by atoms with E-state index >= 15 is 0 Å². The second kappa shape index (κ2) is 9.55. The molecule has 2 heterocycles. The molecule has 0 spiro atoms. The number of carbonyl (C=O) groups is 1. The highest BCUT2D eigenvalue weighted by Crippen LogP contribution is 2.30. The molecule has 0 bridgehead atoms. The number of nitrogens with one attached hydrogen (secondary N) is 1. The van der Waals surface area contributed by atoms with Gasteiger partial charge < -0.3 is 10.4 Å². The number of carbonyl (C=O) groups excluding carboxylic acids is 1. The van der Waals surface area contributed by atoms with Crippen LogP contribution < -0.4 is 5.32 Å². The van der Waals surface area contributed by atoms with Gasteiger partial charge in [0, 0.05) is 30.1 Å². The molecule has 2 aromatic carbocycles. The van der Waals surface area contributed by atoms with Gasteiger partial charge in [-0.3, -0.25) is 9.48 Å². The van der Waals surface area contributed by atoms with E-state index in [0.717, 1.165) is 17.7 Å². The molecule has 0 fully saturated rings. The van der Waals surface area contributed by atoms with Gasteiger partial charge >= 0.3 is 0 Å². The second-order valence-corrected chi connectivity index (χ2v) is 7.70. The summed E-state index contributed by atoms with van der Waals surface area (Å²) < 4.78 is 29.1. The van der Waals surface area contributed by atoms with E-state index in [-0.39, 0.29) is 17.0 Å². The number of pyridine rings is 1. The van der Waals surface area contributed by atoms with Crippen LogP contribution >= 0.6 is 0 Å². The van der Waals surface area contributed by atoms with Crippen molar-refractivity contribution in [2.24, 2.45) is 7.05 Å². The first-order valence-corrected chi connectivity index (χ1v) is 10.3. The highest BCUT2D eigenvalue weighted by atomic mass is 19.1. The first-order valence-electron chi connectivity index (χ1n) is 10.3. The molecule has 8 heteroatoms. The van der Waals surface area contributed by atoms with Gasteiger partial charge in [0.2, 0.25) is 0 Å². The Balaban J connectivity index is 1.68. The van der Waals surface area contributed by atoms with Crippen molar-refractivity contribution in [1.29, 1.82) is 0 Å². The minimum atomic E-state index is -0.948. The lowest BCUT2D eigenvalue weighted by Crippen LogP contribution is -2.30. The van der Waals surface area contributed by atoms with Crippen LogP contribution in [-0.2, 0) is 7.05 Å². The number of rotatable bonds is 4. The monoisotopic (exact) mass is 458 g/mol. The zero-order valence-corrected chi connectivity index (χ0v) is 18.4. The zero-order chi connectivity index (χ0) is 24.2. The molecule has 1 atom stereocenters.